The van der Waals surface area contributed by atoms with Gasteiger partial charge in [0.2, 0.25) is 0 Å². The van der Waals surface area contributed by atoms with E-state index in [1.165, 1.54) is 0 Å². The minimum atomic E-state index is -0.488. The number of carbonyl (C=O) groups is 1. The van der Waals surface area contributed by atoms with Gasteiger partial charge in [0, 0.05) is 5.54 Å². The van der Waals surface area contributed by atoms with Crippen molar-refractivity contribution >= 4 is 5.78 Å². The molecule has 0 saturated carbocycles. The number of ether oxygens (including phenoxy) is 2. The van der Waals surface area contributed by atoms with Crippen LogP contribution >= 0.6 is 0 Å². The zero-order chi connectivity index (χ0) is 11.5. The third kappa shape index (κ3) is 3.55. The Morgan fingerprint density at radius 1 is 1.67 bits per heavy atom. The Balaban J connectivity index is 2.33. The quantitative estimate of drug-likeness (QED) is 0.746. The molecule has 86 valence electrons. The number of hydrogen-bond donors (Lipinski definition) is 1. The van der Waals surface area contributed by atoms with Gasteiger partial charge < -0.3 is 14.8 Å². The summed E-state index contributed by atoms with van der Waals surface area (Å²) in [6, 6.07) is 0. The maximum absolute atomic E-state index is 11.6. The predicted octanol–water partition coefficient (Wildman–Crippen LogP) is 1.22. The van der Waals surface area contributed by atoms with Crippen molar-refractivity contribution in [3.8, 4) is 0 Å². The summed E-state index contributed by atoms with van der Waals surface area (Å²) in [4.78, 5) is 11.6. The van der Waals surface area contributed by atoms with Gasteiger partial charge in [-0.3, -0.25) is 4.79 Å². The van der Waals surface area contributed by atoms with Crippen LogP contribution in [0.2, 0.25) is 0 Å². The SMILES string of the molecule is C=C1OCC(C(=O)CNC(C)(C)CC)O1. The van der Waals surface area contributed by atoms with Gasteiger partial charge in [0.25, 0.3) is 5.95 Å². The van der Waals surface area contributed by atoms with Gasteiger partial charge in [-0.2, -0.15) is 0 Å². The molecule has 0 bridgehead atoms. The normalized spacial score (nSPS) is 21.0. The fourth-order valence-corrected chi connectivity index (χ4v) is 1.12. The number of hydrogen-bond acceptors (Lipinski definition) is 4. The third-order valence-electron chi connectivity index (χ3n) is 2.65. The highest BCUT2D eigenvalue weighted by Gasteiger charge is 2.28. The summed E-state index contributed by atoms with van der Waals surface area (Å²) < 4.78 is 10.1. The van der Waals surface area contributed by atoms with Crippen LogP contribution in [0, 0.1) is 0 Å². The van der Waals surface area contributed by atoms with E-state index in [0.717, 1.165) is 6.42 Å². The maximum Gasteiger partial charge on any atom is 0.272 e. The van der Waals surface area contributed by atoms with Gasteiger partial charge in [-0.15, -0.1) is 0 Å². The molecular formula is C11H19NO3. The molecule has 1 unspecified atom stereocenters. The number of nitrogens with one attached hydrogen (secondary N) is 1. The van der Waals surface area contributed by atoms with Gasteiger partial charge in [0.1, 0.15) is 6.61 Å². The van der Waals surface area contributed by atoms with E-state index in [0.29, 0.717) is 6.54 Å². The lowest BCUT2D eigenvalue weighted by Crippen LogP contribution is -2.44. The van der Waals surface area contributed by atoms with E-state index >= 15 is 0 Å². The lowest BCUT2D eigenvalue weighted by atomic mass is 10.0. The zero-order valence-corrected chi connectivity index (χ0v) is 9.63. The summed E-state index contributed by atoms with van der Waals surface area (Å²) in [5, 5.41) is 3.19. The van der Waals surface area contributed by atoms with Crippen LogP contribution in [0.1, 0.15) is 27.2 Å². The van der Waals surface area contributed by atoms with Crippen molar-refractivity contribution in [2.24, 2.45) is 0 Å². The highest BCUT2D eigenvalue weighted by Crippen LogP contribution is 2.14. The Hall–Kier alpha value is -1.03. The predicted molar refractivity (Wildman–Crippen MR) is 57.3 cm³/mol. The molecule has 15 heavy (non-hydrogen) atoms. The lowest BCUT2D eigenvalue weighted by Gasteiger charge is -2.24. The number of carbonyl (C=O) groups excluding carboxylic acids is 1. The first kappa shape index (κ1) is 12.0. The Morgan fingerprint density at radius 3 is 2.80 bits per heavy atom. The van der Waals surface area contributed by atoms with Crippen molar-refractivity contribution in [3.05, 3.63) is 12.5 Å². The molecule has 1 aliphatic rings. The smallest absolute Gasteiger partial charge is 0.272 e. The Morgan fingerprint density at radius 2 is 2.33 bits per heavy atom. The van der Waals surface area contributed by atoms with E-state index in [-0.39, 0.29) is 23.9 Å². The molecule has 4 heteroatoms. The van der Waals surface area contributed by atoms with Crippen molar-refractivity contribution in [3.63, 3.8) is 0 Å². The summed E-state index contributed by atoms with van der Waals surface area (Å²) in [6.07, 6.45) is 0.479. The summed E-state index contributed by atoms with van der Waals surface area (Å²) in [5.74, 6) is 0.248. The summed E-state index contributed by atoms with van der Waals surface area (Å²) in [6.45, 7) is 10.3. The van der Waals surface area contributed by atoms with Crippen LogP contribution in [-0.2, 0) is 14.3 Å². The fourth-order valence-electron chi connectivity index (χ4n) is 1.12. The van der Waals surface area contributed by atoms with E-state index < -0.39 is 6.10 Å². The van der Waals surface area contributed by atoms with Crippen molar-refractivity contribution in [2.75, 3.05) is 13.2 Å². The van der Waals surface area contributed by atoms with E-state index in [4.69, 9.17) is 9.47 Å². The molecule has 1 N–H and O–H groups in total. The summed E-state index contributed by atoms with van der Waals surface area (Å²) >= 11 is 0. The van der Waals surface area contributed by atoms with E-state index in [1.54, 1.807) is 0 Å². The van der Waals surface area contributed by atoms with Crippen LogP contribution in [0.5, 0.6) is 0 Å². The second-order valence-corrected chi connectivity index (χ2v) is 4.35. The first-order valence-electron chi connectivity index (χ1n) is 5.20. The molecule has 1 fully saturated rings. The second kappa shape index (κ2) is 4.66. The Bertz CT molecular complexity index is 261. The number of Topliss-reactive ketones (excluding diaryl/α,β-unsaturated/α-hetero) is 1. The molecule has 0 spiro atoms. The van der Waals surface area contributed by atoms with Crippen LogP contribution < -0.4 is 5.32 Å². The summed E-state index contributed by atoms with van der Waals surface area (Å²) in [7, 11) is 0. The minimum absolute atomic E-state index is 0.00942. The van der Waals surface area contributed by atoms with E-state index in [1.807, 2.05) is 0 Å². The van der Waals surface area contributed by atoms with E-state index in [9.17, 15) is 4.79 Å². The summed E-state index contributed by atoms with van der Waals surface area (Å²) in [5.41, 5.74) is -0.0217. The van der Waals surface area contributed by atoms with E-state index in [2.05, 4.69) is 32.7 Å². The van der Waals surface area contributed by atoms with Gasteiger partial charge in [-0.1, -0.05) is 6.92 Å². The molecular weight excluding hydrogens is 194 g/mol. The van der Waals surface area contributed by atoms with Crippen molar-refractivity contribution in [2.45, 2.75) is 38.8 Å². The molecule has 1 saturated heterocycles. The lowest BCUT2D eigenvalue weighted by molar-refractivity contribution is -0.125. The average Bonchev–Trinajstić information content (AvgIpc) is 2.61. The maximum atomic E-state index is 11.6. The zero-order valence-electron chi connectivity index (χ0n) is 9.63. The van der Waals surface area contributed by atoms with Crippen molar-refractivity contribution in [1.82, 2.24) is 5.32 Å². The molecule has 1 heterocycles. The molecule has 0 amide bonds. The molecule has 1 rings (SSSR count). The molecule has 1 atom stereocenters. The first-order valence-corrected chi connectivity index (χ1v) is 5.20. The number of rotatable bonds is 5. The molecule has 0 aromatic carbocycles. The highest BCUT2D eigenvalue weighted by atomic mass is 16.7. The molecule has 0 aromatic heterocycles. The largest absolute Gasteiger partial charge is 0.461 e. The highest BCUT2D eigenvalue weighted by molar-refractivity contribution is 5.85. The molecule has 1 aliphatic heterocycles. The minimum Gasteiger partial charge on any atom is -0.461 e. The van der Waals surface area contributed by atoms with Gasteiger partial charge in [-0.25, -0.2) is 0 Å². The average molecular weight is 213 g/mol. The number of ketones is 1. The molecule has 0 aliphatic carbocycles. The van der Waals surface area contributed by atoms with Crippen LogP contribution in [0.25, 0.3) is 0 Å². The standard InChI is InChI=1S/C11H19NO3/c1-5-11(3,4)12-6-9(13)10-7-14-8(2)15-10/h10,12H,2,5-7H2,1,3-4H3. The first-order chi connectivity index (χ1) is 6.94. The molecule has 0 radical (unpaired) electrons. The molecule has 0 aromatic rings. The fraction of sp³-hybridized carbons (Fsp3) is 0.727. The Labute approximate surface area is 90.6 Å². The topological polar surface area (TPSA) is 47.6 Å². The van der Waals surface area contributed by atoms with Gasteiger partial charge in [0.05, 0.1) is 6.54 Å². The Kier molecular flexibility index (Phi) is 3.74. The van der Waals surface area contributed by atoms with Crippen LogP contribution in [0.3, 0.4) is 0 Å². The second-order valence-electron chi connectivity index (χ2n) is 4.35. The van der Waals surface area contributed by atoms with Crippen LogP contribution in [-0.4, -0.2) is 30.6 Å². The molecule has 4 nitrogen and oxygen atoms in total. The van der Waals surface area contributed by atoms with Crippen LogP contribution in [0.15, 0.2) is 12.5 Å². The van der Waals surface area contributed by atoms with Crippen molar-refractivity contribution < 1.29 is 14.3 Å². The third-order valence-corrected chi connectivity index (χ3v) is 2.65. The van der Waals surface area contributed by atoms with Crippen molar-refractivity contribution in [1.29, 1.82) is 0 Å². The van der Waals surface area contributed by atoms with Crippen LogP contribution in [0.4, 0.5) is 0 Å². The van der Waals surface area contributed by atoms with Gasteiger partial charge in [0.15, 0.2) is 11.9 Å². The monoisotopic (exact) mass is 213 g/mol. The van der Waals surface area contributed by atoms with Gasteiger partial charge in [-0.05, 0) is 26.8 Å². The van der Waals surface area contributed by atoms with Gasteiger partial charge >= 0.3 is 0 Å².